The van der Waals surface area contributed by atoms with Gasteiger partial charge in [-0.15, -0.1) is 17.9 Å². The molecule has 1 aromatic carbocycles. The van der Waals surface area contributed by atoms with Gasteiger partial charge in [0.05, 0.1) is 6.04 Å². The Kier molecular flexibility index (Phi) is 7.59. The van der Waals surface area contributed by atoms with E-state index >= 15 is 0 Å². The van der Waals surface area contributed by atoms with Crippen molar-refractivity contribution in [2.24, 2.45) is 0 Å². The lowest BCUT2D eigenvalue weighted by Crippen LogP contribution is -2.48. The standard InChI is InChI=1S/C22H25FN2O4S/c1-3-10-24(22(27)15-28-2)13-21(26)25-11-8-20-18(9-12-30-20)19(25)14-29-17-6-4-16(23)5-7-17/h3-7,9,12,19H,1,8,10-11,13-15H2,2H3. The van der Waals surface area contributed by atoms with E-state index < -0.39 is 0 Å². The molecule has 2 aromatic rings. The van der Waals surface area contributed by atoms with E-state index in [0.29, 0.717) is 12.3 Å². The SMILES string of the molecule is C=CCN(CC(=O)N1CCc2sccc2C1COc1ccc(F)cc1)C(=O)COC. The van der Waals surface area contributed by atoms with Gasteiger partial charge in [0.2, 0.25) is 11.8 Å². The van der Waals surface area contributed by atoms with Gasteiger partial charge in [-0.25, -0.2) is 4.39 Å². The van der Waals surface area contributed by atoms with Crippen LogP contribution in [-0.4, -0.2) is 61.6 Å². The zero-order chi connectivity index (χ0) is 21.5. The third-order valence-electron chi connectivity index (χ3n) is 4.93. The number of rotatable bonds is 9. The zero-order valence-corrected chi connectivity index (χ0v) is 17.7. The summed E-state index contributed by atoms with van der Waals surface area (Å²) in [5.74, 6) is -0.223. The molecule has 0 saturated carbocycles. The second-order valence-electron chi connectivity index (χ2n) is 6.91. The minimum Gasteiger partial charge on any atom is -0.491 e. The van der Waals surface area contributed by atoms with E-state index in [2.05, 4.69) is 6.58 Å². The Morgan fingerprint density at radius 2 is 2.10 bits per heavy atom. The Labute approximate surface area is 179 Å². The van der Waals surface area contributed by atoms with Gasteiger partial charge in [-0.2, -0.15) is 0 Å². The van der Waals surface area contributed by atoms with Crippen molar-refractivity contribution in [3.05, 3.63) is 64.6 Å². The van der Waals surface area contributed by atoms with Crippen molar-refractivity contribution >= 4 is 23.2 Å². The third-order valence-corrected chi connectivity index (χ3v) is 5.93. The number of carbonyl (C=O) groups is 2. The van der Waals surface area contributed by atoms with E-state index in [0.717, 1.165) is 12.0 Å². The molecule has 0 fully saturated rings. The van der Waals surface area contributed by atoms with Crippen LogP contribution in [0.2, 0.25) is 0 Å². The first-order chi connectivity index (χ1) is 14.5. The molecule has 30 heavy (non-hydrogen) atoms. The van der Waals surface area contributed by atoms with Gasteiger partial charge in [0.25, 0.3) is 0 Å². The second kappa shape index (κ2) is 10.4. The minimum atomic E-state index is -0.333. The van der Waals surface area contributed by atoms with Crippen molar-refractivity contribution in [2.45, 2.75) is 12.5 Å². The smallest absolute Gasteiger partial charge is 0.249 e. The zero-order valence-electron chi connectivity index (χ0n) is 16.9. The van der Waals surface area contributed by atoms with Gasteiger partial charge in [0.15, 0.2) is 0 Å². The number of benzene rings is 1. The van der Waals surface area contributed by atoms with Crippen LogP contribution in [0.1, 0.15) is 16.5 Å². The number of hydrogen-bond donors (Lipinski definition) is 0. The van der Waals surface area contributed by atoms with Gasteiger partial charge < -0.3 is 19.3 Å². The Hall–Kier alpha value is -2.71. The van der Waals surface area contributed by atoms with Crippen molar-refractivity contribution in [1.29, 1.82) is 0 Å². The molecule has 0 N–H and O–H groups in total. The fourth-order valence-electron chi connectivity index (χ4n) is 3.46. The van der Waals surface area contributed by atoms with Crippen LogP contribution in [0.25, 0.3) is 0 Å². The van der Waals surface area contributed by atoms with E-state index in [9.17, 15) is 14.0 Å². The fraction of sp³-hybridized carbons (Fsp3) is 0.364. The highest BCUT2D eigenvalue weighted by Crippen LogP contribution is 2.34. The number of fused-ring (bicyclic) bond motifs is 1. The molecule has 8 heteroatoms. The van der Waals surface area contributed by atoms with Crippen LogP contribution in [0, 0.1) is 5.82 Å². The lowest BCUT2D eigenvalue weighted by Gasteiger charge is -2.37. The summed E-state index contributed by atoms with van der Waals surface area (Å²) < 4.78 is 23.9. The molecule has 6 nitrogen and oxygen atoms in total. The summed E-state index contributed by atoms with van der Waals surface area (Å²) >= 11 is 1.66. The molecular weight excluding hydrogens is 407 g/mol. The molecular formula is C22H25FN2O4S. The number of hydrogen-bond acceptors (Lipinski definition) is 5. The molecule has 0 saturated heterocycles. The monoisotopic (exact) mass is 432 g/mol. The van der Waals surface area contributed by atoms with Crippen LogP contribution < -0.4 is 4.74 Å². The minimum absolute atomic E-state index is 0.0548. The molecule has 0 aliphatic carbocycles. The van der Waals surface area contributed by atoms with E-state index in [-0.39, 0.29) is 50.0 Å². The molecule has 1 aromatic heterocycles. The fourth-order valence-corrected chi connectivity index (χ4v) is 4.39. The Bertz CT molecular complexity index is 884. The number of ether oxygens (including phenoxy) is 2. The van der Waals surface area contributed by atoms with Crippen LogP contribution in [0.4, 0.5) is 4.39 Å². The van der Waals surface area contributed by atoms with Gasteiger partial charge in [0, 0.05) is 25.1 Å². The summed E-state index contributed by atoms with van der Waals surface area (Å²) in [6.07, 6.45) is 2.35. The largest absolute Gasteiger partial charge is 0.491 e. The number of halogens is 1. The maximum atomic E-state index is 13.2. The number of carbonyl (C=O) groups excluding carboxylic acids is 2. The topological polar surface area (TPSA) is 59.1 Å². The molecule has 0 bridgehead atoms. The number of nitrogens with zero attached hydrogens (tertiary/aromatic N) is 2. The van der Waals surface area contributed by atoms with Crippen LogP contribution in [0.5, 0.6) is 5.75 Å². The Morgan fingerprint density at radius 1 is 1.33 bits per heavy atom. The van der Waals surface area contributed by atoms with Crippen LogP contribution in [0.3, 0.4) is 0 Å². The average Bonchev–Trinajstić information content (AvgIpc) is 3.22. The lowest BCUT2D eigenvalue weighted by molar-refractivity contribution is -0.144. The molecule has 160 valence electrons. The predicted octanol–water partition coefficient (Wildman–Crippen LogP) is 3.05. The molecule has 1 atom stereocenters. The van der Waals surface area contributed by atoms with Crippen LogP contribution in [-0.2, 0) is 20.7 Å². The highest BCUT2D eigenvalue weighted by Gasteiger charge is 2.33. The third kappa shape index (κ3) is 5.25. The number of thiophene rings is 1. The van der Waals surface area contributed by atoms with Gasteiger partial charge in [-0.05, 0) is 47.7 Å². The Morgan fingerprint density at radius 3 is 2.80 bits per heavy atom. The van der Waals surface area contributed by atoms with Crippen LogP contribution in [0.15, 0.2) is 48.4 Å². The summed E-state index contributed by atoms with van der Waals surface area (Å²) in [5.41, 5.74) is 1.06. The maximum Gasteiger partial charge on any atom is 0.249 e. The molecule has 0 spiro atoms. The molecule has 2 amide bonds. The van der Waals surface area contributed by atoms with Gasteiger partial charge in [-0.1, -0.05) is 6.08 Å². The van der Waals surface area contributed by atoms with Gasteiger partial charge in [0.1, 0.15) is 31.3 Å². The van der Waals surface area contributed by atoms with E-state index in [1.807, 2.05) is 11.4 Å². The van der Waals surface area contributed by atoms with Crippen molar-refractivity contribution in [2.75, 3.05) is 40.0 Å². The molecule has 0 radical (unpaired) electrons. The maximum absolute atomic E-state index is 13.2. The van der Waals surface area contributed by atoms with Crippen LogP contribution >= 0.6 is 11.3 Å². The molecule has 1 aliphatic rings. The average molecular weight is 433 g/mol. The van der Waals surface area contributed by atoms with E-state index in [1.54, 1.807) is 34.4 Å². The first-order valence-electron chi connectivity index (χ1n) is 9.65. The predicted molar refractivity (Wildman–Crippen MR) is 113 cm³/mol. The highest BCUT2D eigenvalue weighted by molar-refractivity contribution is 7.10. The molecule has 1 unspecified atom stereocenters. The summed E-state index contributed by atoms with van der Waals surface area (Å²) in [4.78, 5) is 29.8. The van der Waals surface area contributed by atoms with E-state index in [1.165, 1.54) is 29.0 Å². The van der Waals surface area contributed by atoms with Crippen molar-refractivity contribution in [3.63, 3.8) is 0 Å². The van der Waals surface area contributed by atoms with Crippen molar-refractivity contribution in [3.8, 4) is 5.75 Å². The molecule has 1 aliphatic heterocycles. The molecule has 3 rings (SSSR count). The first-order valence-corrected chi connectivity index (χ1v) is 10.5. The molecule has 2 heterocycles. The quantitative estimate of drug-likeness (QED) is 0.572. The van der Waals surface area contributed by atoms with E-state index in [4.69, 9.17) is 9.47 Å². The van der Waals surface area contributed by atoms with Gasteiger partial charge >= 0.3 is 0 Å². The normalized spacial score (nSPS) is 15.4. The number of methoxy groups -OCH3 is 1. The summed E-state index contributed by atoms with van der Waals surface area (Å²) in [7, 11) is 1.44. The van der Waals surface area contributed by atoms with Gasteiger partial charge in [-0.3, -0.25) is 9.59 Å². The highest BCUT2D eigenvalue weighted by atomic mass is 32.1. The number of amides is 2. The summed E-state index contributed by atoms with van der Waals surface area (Å²) in [5, 5.41) is 2.01. The van der Waals surface area contributed by atoms with Crippen molar-refractivity contribution in [1.82, 2.24) is 9.80 Å². The Balaban J connectivity index is 1.75. The second-order valence-corrected chi connectivity index (χ2v) is 7.91. The van der Waals surface area contributed by atoms with Crippen molar-refractivity contribution < 1.29 is 23.5 Å². The summed E-state index contributed by atoms with van der Waals surface area (Å²) in [6, 6.07) is 7.53. The lowest BCUT2D eigenvalue weighted by atomic mass is 10.0. The summed E-state index contributed by atoms with van der Waals surface area (Å²) in [6.45, 7) is 4.58. The first kappa shape index (κ1) is 22.0.